The van der Waals surface area contributed by atoms with Crippen LogP contribution >= 0.6 is 0 Å². The first-order valence-electron chi connectivity index (χ1n) is 17.3. The molecule has 0 aliphatic heterocycles. The highest BCUT2D eigenvalue weighted by Gasteiger charge is 2.23. The number of methoxy groups -OCH3 is 4. The molecule has 0 saturated heterocycles. The Labute approximate surface area is 307 Å². The Bertz CT molecular complexity index is 2650. The number of hydrogen-bond acceptors (Lipinski definition) is 6. The van der Waals surface area contributed by atoms with E-state index in [-0.39, 0.29) is 0 Å². The van der Waals surface area contributed by atoms with Crippen molar-refractivity contribution in [3.63, 3.8) is 0 Å². The molecule has 0 atom stereocenters. The van der Waals surface area contributed by atoms with Crippen LogP contribution in [0.3, 0.4) is 0 Å². The van der Waals surface area contributed by atoms with Crippen molar-refractivity contribution in [2.75, 3.05) is 28.4 Å². The van der Waals surface area contributed by atoms with Gasteiger partial charge in [0.1, 0.15) is 23.0 Å². The van der Waals surface area contributed by atoms with Crippen LogP contribution in [0.2, 0.25) is 0 Å². The monoisotopic (exact) mass is 698 g/mol. The lowest BCUT2D eigenvalue weighted by atomic mass is 10.1. The molecule has 3 aromatic heterocycles. The second-order valence-corrected chi connectivity index (χ2v) is 12.6. The molecule has 8 aromatic rings. The normalized spacial score (nSPS) is 11.8. The summed E-state index contributed by atoms with van der Waals surface area (Å²) in [6.45, 7) is 6.56. The molecule has 3 heterocycles. The van der Waals surface area contributed by atoms with E-state index < -0.39 is 0 Å². The van der Waals surface area contributed by atoms with E-state index in [1.54, 1.807) is 28.4 Å². The molecule has 8 heteroatoms. The maximum absolute atomic E-state index is 5.68. The molecule has 262 valence electrons. The minimum atomic E-state index is 0.492. The van der Waals surface area contributed by atoms with Crippen LogP contribution in [0, 0.1) is 0 Å². The Hall–Kier alpha value is -6.80. The SMILES string of the molecule is C=C(/C=C\C=C/C)n1c2ccccc2c2ccc3c4ccccc4n(-c4nc(-c5cc(OC)cc(OC)c5)cc(-c5cc(OC)cc(OC)c5)n4)c3c21. The zero-order chi connectivity index (χ0) is 36.6. The van der Waals surface area contributed by atoms with Crippen LogP contribution in [0.15, 0.2) is 134 Å². The van der Waals surface area contributed by atoms with Crippen molar-refractivity contribution in [2.24, 2.45) is 0 Å². The smallest absolute Gasteiger partial charge is 0.235 e. The number of para-hydroxylation sites is 2. The van der Waals surface area contributed by atoms with Gasteiger partial charge >= 0.3 is 0 Å². The van der Waals surface area contributed by atoms with Gasteiger partial charge in [-0.25, -0.2) is 9.97 Å². The van der Waals surface area contributed by atoms with Gasteiger partial charge in [0.25, 0.3) is 0 Å². The van der Waals surface area contributed by atoms with Crippen LogP contribution in [0.4, 0.5) is 0 Å². The van der Waals surface area contributed by atoms with Crippen molar-refractivity contribution in [1.82, 2.24) is 19.1 Å². The molecule has 8 nitrogen and oxygen atoms in total. The summed E-state index contributed by atoms with van der Waals surface area (Å²) >= 11 is 0. The van der Waals surface area contributed by atoms with E-state index >= 15 is 0 Å². The van der Waals surface area contributed by atoms with Gasteiger partial charge in [0.2, 0.25) is 5.95 Å². The third kappa shape index (κ3) is 5.74. The lowest BCUT2D eigenvalue weighted by Gasteiger charge is -2.15. The minimum Gasteiger partial charge on any atom is -0.497 e. The highest BCUT2D eigenvalue weighted by atomic mass is 16.5. The fraction of sp³-hybridized carbons (Fsp3) is 0.111. The van der Waals surface area contributed by atoms with Crippen LogP contribution in [-0.4, -0.2) is 47.5 Å². The van der Waals surface area contributed by atoms with E-state index in [9.17, 15) is 0 Å². The number of ether oxygens (including phenoxy) is 4. The number of rotatable bonds is 10. The molecule has 5 aromatic carbocycles. The first kappa shape index (κ1) is 33.3. The Morgan fingerprint density at radius 2 is 1.06 bits per heavy atom. The van der Waals surface area contributed by atoms with E-state index in [2.05, 4.69) is 70.3 Å². The second kappa shape index (κ2) is 13.7. The van der Waals surface area contributed by atoms with Gasteiger partial charge in [0.05, 0.1) is 61.9 Å². The molecule has 0 aliphatic carbocycles. The summed E-state index contributed by atoms with van der Waals surface area (Å²) in [5, 5.41) is 4.38. The zero-order valence-electron chi connectivity index (χ0n) is 30.3. The summed E-state index contributed by atoms with van der Waals surface area (Å²) < 4.78 is 27.1. The molecule has 0 spiro atoms. The molecule has 0 saturated carbocycles. The average molecular weight is 699 g/mol. The van der Waals surface area contributed by atoms with Gasteiger partial charge in [0.15, 0.2) is 0 Å². The summed E-state index contributed by atoms with van der Waals surface area (Å²) in [4.78, 5) is 10.7. The van der Waals surface area contributed by atoms with E-state index in [1.165, 1.54) is 0 Å². The molecule has 0 unspecified atom stereocenters. The van der Waals surface area contributed by atoms with Gasteiger partial charge in [0, 0.05) is 50.5 Å². The van der Waals surface area contributed by atoms with Crippen molar-refractivity contribution >= 4 is 49.3 Å². The lowest BCUT2D eigenvalue weighted by Crippen LogP contribution is -2.05. The predicted octanol–water partition coefficient (Wildman–Crippen LogP) is 10.7. The number of benzene rings is 5. The van der Waals surface area contributed by atoms with Crippen LogP contribution < -0.4 is 18.9 Å². The zero-order valence-corrected chi connectivity index (χ0v) is 30.3. The highest BCUT2D eigenvalue weighted by molar-refractivity contribution is 6.24. The Balaban J connectivity index is 1.53. The van der Waals surface area contributed by atoms with Crippen molar-refractivity contribution in [1.29, 1.82) is 0 Å². The van der Waals surface area contributed by atoms with Gasteiger partial charge in [-0.1, -0.05) is 73.3 Å². The number of hydrogen-bond donors (Lipinski definition) is 0. The molecule has 8 rings (SSSR count). The summed E-state index contributed by atoms with van der Waals surface area (Å²) in [5.41, 5.74) is 7.82. The summed E-state index contributed by atoms with van der Waals surface area (Å²) in [6, 6.07) is 34.7. The molecule has 0 amide bonds. The molecule has 0 radical (unpaired) electrons. The van der Waals surface area contributed by atoms with Gasteiger partial charge in [-0.2, -0.15) is 0 Å². The molecule has 0 bridgehead atoms. The van der Waals surface area contributed by atoms with E-state index in [4.69, 9.17) is 28.9 Å². The summed E-state index contributed by atoms with van der Waals surface area (Å²) in [5.74, 6) is 3.09. The number of allylic oxidation sites excluding steroid dienone is 5. The number of nitrogens with zero attached hydrogens (tertiary/aromatic N) is 4. The van der Waals surface area contributed by atoms with Crippen molar-refractivity contribution in [2.45, 2.75) is 6.92 Å². The fourth-order valence-electron chi connectivity index (χ4n) is 7.10. The maximum atomic E-state index is 5.68. The molecular weight excluding hydrogens is 661 g/mol. The molecule has 0 N–H and O–H groups in total. The average Bonchev–Trinajstić information content (AvgIpc) is 3.73. The predicted molar refractivity (Wildman–Crippen MR) is 216 cm³/mol. The van der Waals surface area contributed by atoms with E-state index in [1.807, 2.05) is 79.8 Å². The maximum Gasteiger partial charge on any atom is 0.235 e. The molecule has 53 heavy (non-hydrogen) atoms. The van der Waals surface area contributed by atoms with Gasteiger partial charge in [-0.15, -0.1) is 0 Å². The van der Waals surface area contributed by atoms with Crippen molar-refractivity contribution in [3.8, 4) is 51.5 Å². The first-order valence-corrected chi connectivity index (χ1v) is 17.3. The third-order valence-electron chi connectivity index (χ3n) is 9.56. The largest absolute Gasteiger partial charge is 0.497 e. The number of aromatic nitrogens is 4. The fourth-order valence-corrected chi connectivity index (χ4v) is 7.10. The van der Waals surface area contributed by atoms with Crippen LogP contribution in [-0.2, 0) is 0 Å². The van der Waals surface area contributed by atoms with Gasteiger partial charge in [-0.05, 0) is 55.5 Å². The van der Waals surface area contributed by atoms with Crippen LogP contribution in [0.5, 0.6) is 23.0 Å². The molecule has 0 fully saturated rings. The minimum absolute atomic E-state index is 0.492. The van der Waals surface area contributed by atoms with E-state index in [0.717, 1.165) is 60.4 Å². The third-order valence-corrected chi connectivity index (χ3v) is 9.56. The second-order valence-electron chi connectivity index (χ2n) is 12.6. The van der Waals surface area contributed by atoms with Crippen molar-refractivity contribution in [3.05, 3.63) is 134 Å². The summed E-state index contributed by atoms with van der Waals surface area (Å²) in [7, 11) is 6.56. The lowest BCUT2D eigenvalue weighted by molar-refractivity contribution is 0.394. The van der Waals surface area contributed by atoms with E-state index in [0.29, 0.717) is 40.3 Å². The Kier molecular flexibility index (Phi) is 8.64. The number of fused-ring (bicyclic) bond motifs is 7. The first-order chi connectivity index (χ1) is 26.0. The summed E-state index contributed by atoms with van der Waals surface area (Å²) in [6.07, 6.45) is 8.07. The van der Waals surface area contributed by atoms with Gasteiger partial charge < -0.3 is 23.5 Å². The van der Waals surface area contributed by atoms with Crippen LogP contribution in [0.1, 0.15) is 6.92 Å². The molecular formula is C45H38N4O4. The molecule has 0 aliphatic rings. The van der Waals surface area contributed by atoms with Crippen LogP contribution in [0.25, 0.3) is 77.8 Å². The standard InChI is InChI=1S/C45H38N4O4/c1-7-8-9-14-28(2)48-41-17-12-10-15-35(41)37-19-20-38-36-16-11-13-18-42(36)49(44(38)43(37)48)45-46-39(29-21-31(50-3)25-32(22-29)51-4)27-40(47-45)30-23-33(52-5)26-34(24-30)53-6/h7-27H,2H2,1,3-6H3/b8-7-,14-9-. The highest BCUT2D eigenvalue weighted by Crippen LogP contribution is 2.42. The van der Waals surface area contributed by atoms with Gasteiger partial charge in [-0.3, -0.25) is 4.57 Å². The quantitative estimate of drug-likeness (QED) is 0.132. The Morgan fingerprint density at radius 1 is 0.566 bits per heavy atom. The van der Waals surface area contributed by atoms with Crippen molar-refractivity contribution < 1.29 is 18.9 Å². The Morgan fingerprint density at radius 3 is 1.58 bits per heavy atom. The topological polar surface area (TPSA) is 72.6 Å².